The smallest absolute Gasteiger partial charge is 0.224 e. The molecule has 0 unspecified atom stereocenters. The summed E-state index contributed by atoms with van der Waals surface area (Å²) in [7, 11) is 0. The molecule has 0 saturated heterocycles. The molecule has 0 heterocycles. The highest BCUT2D eigenvalue weighted by Crippen LogP contribution is 2.22. The third-order valence-electron chi connectivity index (χ3n) is 4.62. The Balaban J connectivity index is 1.76. The van der Waals surface area contributed by atoms with Crippen LogP contribution in [-0.4, -0.2) is 12.5 Å². The van der Waals surface area contributed by atoms with E-state index in [1.54, 1.807) is 0 Å². The molecular weight excluding hydrogens is 334 g/mol. The zero-order valence-corrected chi connectivity index (χ0v) is 17.2. The molecule has 0 atom stereocenters. The Morgan fingerprint density at radius 3 is 2.22 bits per heavy atom. The van der Waals surface area contributed by atoms with Gasteiger partial charge in [-0.3, -0.25) is 4.79 Å². The zero-order valence-electron chi connectivity index (χ0n) is 17.2. The molecule has 1 N–H and O–H groups in total. The minimum Gasteiger partial charge on any atom is -0.494 e. The Hall–Kier alpha value is -2.29. The first-order chi connectivity index (χ1) is 12.9. The molecule has 0 fully saturated rings. The van der Waals surface area contributed by atoms with E-state index < -0.39 is 0 Å². The highest BCUT2D eigenvalue weighted by atomic mass is 16.5. The number of aryl methyl sites for hydroxylation is 1. The van der Waals surface area contributed by atoms with Crippen LogP contribution in [0.5, 0.6) is 5.75 Å². The van der Waals surface area contributed by atoms with E-state index in [-0.39, 0.29) is 11.3 Å². The predicted octanol–water partition coefficient (Wildman–Crippen LogP) is 6.12. The van der Waals surface area contributed by atoms with Crippen LogP contribution < -0.4 is 10.1 Å². The van der Waals surface area contributed by atoms with Gasteiger partial charge in [0.15, 0.2) is 0 Å². The molecule has 2 rings (SSSR count). The van der Waals surface area contributed by atoms with Crippen molar-refractivity contribution in [1.82, 2.24) is 0 Å². The first kappa shape index (κ1) is 21.0. The van der Waals surface area contributed by atoms with E-state index in [9.17, 15) is 4.79 Å². The molecule has 0 bridgehead atoms. The van der Waals surface area contributed by atoms with Crippen LogP contribution in [0.4, 0.5) is 5.69 Å². The van der Waals surface area contributed by atoms with Crippen LogP contribution in [0.2, 0.25) is 0 Å². The molecule has 1 amide bonds. The molecule has 146 valence electrons. The maximum Gasteiger partial charge on any atom is 0.224 e. The van der Waals surface area contributed by atoms with Crippen LogP contribution in [0.25, 0.3) is 0 Å². The molecule has 3 heteroatoms. The first-order valence-electron chi connectivity index (χ1n) is 10.0. The lowest BCUT2D eigenvalue weighted by Crippen LogP contribution is -2.13. The van der Waals surface area contributed by atoms with Crippen molar-refractivity contribution >= 4 is 11.6 Å². The second-order valence-corrected chi connectivity index (χ2v) is 8.08. The monoisotopic (exact) mass is 367 g/mol. The normalized spacial score (nSPS) is 11.3. The van der Waals surface area contributed by atoms with Crippen LogP contribution in [-0.2, 0) is 16.6 Å². The summed E-state index contributed by atoms with van der Waals surface area (Å²) in [5, 5.41) is 2.96. The Kier molecular flexibility index (Phi) is 7.90. The van der Waals surface area contributed by atoms with Crippen LogP contribution in [0.15, 0.2) is 48.5 Å². The maximum absolute atomic E-state index is 12.2. The minimum absolute atomic E-state index is 0.0338. The standard InChI is InChI=1S/C24H33NO2/c1-5-6-7-18-27-22-15-13-21(14-16-22)25-23(26)17-10-19-8-11-20(12-9-19)24(2,3)4/h8-9,11-16H,5-7,10,17-18H2,1-4H3,(H,25,26). The average molecular weight is 368 g/mol. The molecule has 0 aliphatic rings. The molecule has 3 nitrogen and oxygen atoms in total. The largest absolute Gasteiger partial charge is 0.494 e. The zero-order chi connectivity index (χ0) is 19.7. The van der Waals surface area contributed by atoms with Crippen molar-refractivity contribution in [2.45, 2.75) is 65.2 Å². The van der Waals surface area contributed by atoms with Crippen molar-refractivity contribution in [1.29, 1.82) is 0 Å². The third-order valence-corrected chi connectivity index (χ3v) is 4.62. The van der Waals surface area contributed by atoms with E-state index in [1.165, 1.54) is 24.0 Å². The lowest BCUT2D eigenvalue weighted by atomic mass is 9.86. The number of hydrogen-bond acceptors (Lipinski definition) is 2. The summed E-state index contributed by atoms with van der Waals surface area (Å²) >= 11 is 0. The van der Waals surface area contributed by atoms with Crippen LogP contribution >= 0.6 is 0 Å². The molecule has 2 aromatic carbocycles. The summed E-state index contributed by atoms with van der Waals surface area (Å²) in [4.78, 5) is 12.2. The van der Waals surface area contributed by atoms with Gasteiger partial charge in [0.25, 0.3) is 0 Å². The fraction of sp³-hybridized carbons (Fsp3) is 0.458. The lowest BCUT2D eigenvalue weighted by molar-refractivity contribution is -0.116. The van der Waals surface area contributed by atoms with E-state index in [1.807, 2.05) is 24.3 Å². The molecule has 0 radical (unpaired) electrons. The Labute approximate surface area is 164 Å². The van der Waals surface area contributed by atoms with Crippen molar-refractivity contribution in [3.63, 3.8) is 0 Å². The van der Waals surface area contributed by atoms with Gasteiger partial charge in [-0.2, -0.15) is 0 Å². The molecule has 0 aliphatic carbocycles. The van der Waals surface area contributed by atoms with Crippen molar-refractivity contribution in [2.24, 2.45) is 0 Å². The van der Waals surface area contributed by atoms with Crippen LogP contribution in [0.3, 0.4) is 0 Å². The SMILES string of the molecule is CCCCCOc1ccc(NC(=O)CCc2ccc(C(C)(C)C)cc2)cc1. The first-order valence-corrected chi connectivity index (χ1v) is 10.0. The van der Waals surface area contributed by atoms with Gasteiger partial charge in [0.1, 0.15) is 5.75 Å². The van der Waals surface area contributed by atoms with Crippen LogP contribution in [0, 0.1) is 0 Å². The number of carbonyl (C=O) groups is 1. The molecular formula is C24H33NO2. The minimum atomic E-state index is 0.0338. The van der Waals surface area contributed by atoms with Crippen molar-refractivity contribution in [3.8, 4) is 5.75 Å². The third kappa shape index (κ3) is 7.46. The molecule has 0 spiro atoms. The van der Waals surface area contributed by atoms with Gasteiger partial charge >= 0.3 is 0 Å². The lowest BCUT2D eigenvalue weighted by Gasteiger charge is -2.19. The summed E-state index contributed by atoms with van der Waals surface area (Å²) in [5.74, 6) is 0.884. The molecule has 0 saturated carbocycles. The number of ether oxygens (including phenoxy) is 1. The van der Waals surface area contributed by atoms with Gasteiger partial charge in [0.2, 0.25) is 5.91 Å². The number of rotatable bonds is 9. The van der Waals surface area contributed by atoms with Gasteiger partial charge in [-0.15, -0.1) is 0 Å². The number of carbonyl (C=O) groups excluding carboxylic acids is 1. The summed E-state index contributed by atoms with van der Waals surface area (Å²) in [6, 6.07) is 16.2. The van der Waals surface area contributed by atoms with Gasteiger partial charge in [-0.1, -0.05) is 64.8 Å². The second kappa shape index (κ2) is 10.1. The van der Waals surface area contributed by atoms with E-state index in [0.717, 1.165) is 30.9 Å². The number of hydrogen-bond donors (Lipinski definition) is 1. The second-order valence-electron chi connectivity index (χ2n) is 8.08. The Bertz CT molecular complexity index is 697. The summed E-state index contributed by atoms with van der Waals surface area (Å²) < 4.78 is 5.69. The molecule has 0 aliphatic heterocycles. The van der Waals surface area contributed by atoms with E-state index in [4.69, 9.17) is 4.74 Å². The molecule has 2 aromatic rings. The predicted molar refractivity (Wildman–Crippen MR) is 114 cm³/mol. The molecule has 27 heavy (non-hydrogen) atoms. The number of unbranched alkanes of at least 4 members (excludes halogenated alkanes) is 2. The number of anilines is 1. The van der Waals surface area contributed by atoms with Crippen molar-refractivity contribution < 1.29 is 9.53 Å². The van der Waals surface area contributed by atoms with Gasteiger partial charge in [0, 0.05) is 12.1 Å². The van der Waals surface area contributed by atoms with Crippen molar-refractivity contribution in [2.75, 3.05) is 11.9 Å². The van der Waals surface area contributed by atoms with Gasteiger partial charge in [-0.25, -0.2) is 0 Å². The summed E-state index contributed by atoms with van der Waals surface area (Å²) in [6.07, 6.45) is 4.67. The topological polar surface area (TPSA) is 38.3 Å². The number of nitrogens with one attached hydrogen (secondary N) is 1. The highest BCUT2D eigenvalue weighted by molar-refractivity contribution is 5.90. The van der Waals surface area contributed by atoms with E-state index >= 15 is 0 Å². The van der Waals surface area contributed by atoms with Gasteiger partial charge < -0.3 is 10.1 Å². The number of benzene rings is 2. The van der Waals surface area contributed by atoms with E-state index in [0.29, 0.717) is 6.42 Å². The fourth-order valence-corrected chi connectivity index (χ4v) is 2.83. The molecule has 0 aromatic heterocycles. The highest BCUT2D eigenvalue weighted by Gasteiger charge is 2.13. The van der Waals surface area contributed by atoms with Gasteiger partial charge in [-0.05, 0) is 53.6 Å². The van der Waals surface area contributed by atoms with Crippen LogP contribution in [0.1, 0.15) is 64.5 Å². The average Bonchev–Trinajstić information content (AvgIpc) is 2.64. The quantitative estimate of drug-likeness (QED) is 0.542. The summed E-state index contributed by atoms with van der Waals surface area (Å²) in [6.45, 7) is 9.54. The fourth-order valence-electron chi connectivity index (χ4n) is 2.83. The Morgan fingerprint density at radius 1 is 0.963 bits per heavy atom. The van der Waals surface area contributed by atoms with Crippen molar-refractivity contribution in [3.05, 3.63) is 59.7 Å². The van der Waals surface area contributed by atoms with E-state index in [2.05, 4.69) is 57.3 Å². The maximum atomic E-state index is 12.2. The van der Waals surface area contributed by atoms with Gasteiger partial charge in [0.05, 0.1) is 6.61 Å². The Morgan fingerprint density at radius 2 is 1.63 bits per heavy atom. The summed E-state index contributed by atoms with van der Waals surface area (Å²) in [5.41, 5.74) is 3.47. The number of amides is 1.